The minimum absolute atomic E-state index is 0.0464. The molecule has 0 saturated heterocycles. The van der Waals surface area contributed by atoms with Crippen LogP contribution in [0.2, 0.25) is 0 Å². The molecule has 1 aromatic carbocycles. The normalized spacial score (nSPS) is 10.3. The molecule has 0 atom stereocenters. The van der Waals surface area contributed by atoms with Crippen LogP contribution in [-0.2, 0) is 11.2 Å². The number of hydrogen-bond acceptors (Lipinski definition) is 3. The van der Waals surface area contributed by atoms with Crippen molar-refractivity contribution in [3.05, 3.63) is 52.4 Å². The van der Waals surface area contributed by atoms with E-state index in [0.717, 1.165) is 17.7 Å². The van der Waals surface area contributed by atoms with Gasteiger partial charge >= 0.3 is 0 Å². The number of carbonyl (C=O) groups excluding carboxylic acids is 2. The predicted molar refractivity (Wildman–Crippen MR) is 87.8 cm³/mol. The van der Waals surface area contributed by atoms with Crippen LogP contribution >= 0.6 is 15.9 Å². The smallest absolute Gasteiger partial charge is 0.289 e. The molecule has 2 amide bonds. The van der Waals surface area contributed by atoms with E-state index in [1.807, 2.05) is 31.2 Å². The number of rotatable bonds is 5. The van der Waals surface area contributed by atoms with Crippen LogP contribution in [0.15, 0.2) is 45.5 Å². The molecule has 1 heterocycles. The van der Waals surface area contributed by atoms with Gasteiger partial charge < -0.3 is 14.6 Å². The van der Waals surface area contributed by atoms with Crippen LogP contribution in [0.1, 0.15) is 23.0 Å². The van der Waals surface area contributed by atoms with E-state index >= 15 is 0 Å². The Hall–Kier alpha value is -2.08. The van der Waals surface area contributed by atoms with Gasteiger partial charge in [-0.2, -0.15) is 0 Å². The van der Waals surface area contributed by atoms with Crippen molar-refractivity contribution in [2.24, 2.45) is 0 Å². The van der Waals surface area contributed by atoms with Crippen molar-refractivity contribution in [3.63, 3.8) is 0 Å². The molecule has 0 saturated carbocycles. The first-order valence-corrected chi connectivity index (χ1v) is 7.69. The second-order valence-corrected chi connectivity index (χ2v) is 5.61. The number of carbonyl (C=O) groups is 2. The Morgan fingerprint density at radius 3 is 2.59 bits per heavy atom. The second kappa shape index (κ2) is 7.26. The van der Waals surface area contributed by atoms with E-state index in [9.17, 15) is 9.59 Å². The number of benzene rings is 1. The molecule has 6 heteroatoms. The lowest BCUT2D eigenvalue weighted by atomic mass is 10.1. The Bertz CT molecular complexity index is 682. The van der Waals surface area contributed by atoms with E-state index in [1.165, 1.54) is 4.90 Å². The van der Waals surface area contributed by atoms with Crippen LogP contribution in [-0.4, -0.2) is 30.3 Å². The summed E-state index contributed by atoms with van der Waals surface area (Å²) in [7, 11) is 1.56. The Morgan fingerprint density at radius 1 is 1.23 bits per heavy atom. The van der Waals surface area contributed by atoms with Crippen molar-refractivity contribution in [2.75, 3.05) is 18.9 Å². The fourth-order valence-electron chi connectivity index (χ4n) is 2.04. The lowest BCUT2D eigenvalue weighted by molar-refractivity contribution is -0.116. The zero-order valence-corrected chi connectivity index (χ0v) is 14.0. The number of furan rings is 1. The van der Waals surface area contributed by atoms with Crippen molar-refractivity contribution in [1.29, 1.82) is 0 Å². The largest absolute Gasteiger partial charge is 0.444 e. The molecule has 5 nitrogen and oxygen atoms in total. The highest BCUT2D eigenvalue weighted by atomic mass is 79.9. The van der Waals surface area contributed by atoms with Gasteiger partial charge in [0.2, 0.25) is 5.91 Å². The Morgan fingerprint density at radius 2 is 1.95 bits per heavy atom. The zero-order chi connectivity index (χ0) is 16.1. The van der Waals surface area contributed by atoms with E-state index in [0.29, 0.717) is 4.67 Å². The molecule has 0 bridgehead atoms. The third-order valence-electron chi connectivity index (χ3n) is 3.18. The lowest BCUT2D eigenvalue weighted by Crippen LogP contribution is -2.34. The molecule has 2 aromatic rings. The highest BCUT2D eigenvalue weighted by Crippen LogP contribution is 2.17. The molecule has 1 aromatic heterocycles. The number of likely N-dealkylation sites (N-methyl/N-ethyl adjacent to an activating group) is 1. The number of aryl methyl sites for hydroxylation is 1. The first-order valence-electron chi connectivity index (χ1n) is 6.89. The average Bonchev–Trinajstić information content (AvgIpc) is 2.93. The molecule has 116 valence electrons. The van der Waals surface area contributed by atoms with Crippen molar-refractivity contribution < 1.29 is 14.0 Å². The summed E-state index contributed by atoms with van der Waals surface area (Å²) >= 11 is 3.14. The van der Waals surface area contributed by atoms with Gasteiger partial charge in [-0.1, -0.05) is 25.1 Å². The SMILES string of the molecule is CCc1ccccc1NC(=O)CN(C)C(=O)c1ccc(Br)o1. The average molecular weight is 365 g/mol. The van der Waals surface area contributed by atoms with Crippen molar-refractivity contribution in [2.45, 2.75) is 13.3 Å². The monoisotopic (exact) mass is 364 g/mol. The molecule has 0 aliphatic carbocycles. The Labute approximate surface area is 137 Å². The van der Waals surface area contributed by atoms with Gasteiger partial charge in [-0.25, -0.2) is 0 Å². The summed E-state index contributed by atoms with van der Waals surface area (Å²) in [6, 6.07) is 10.8. The topological polar surface area (TPSA) is 62.6 Å². The summed E-state index contributed by atoms with van der Waals surface area (Å²) in [6.45, 7) is 1.98. The van der Waals surface area contributed by atoms with Crippen molar-refractivity contribution in [3.8, 4) is 0 Å². The third kappa shape index (κ3) is 3.98. The van der Waals surface area contributed by atoms with E-state index in [1.54, 1.807) is 19.2 Å². The molecular weight excluding hydrogens is 348 g/mol. The fourth-order valence-corrected chi connectivity index (χ4v) is 2.35. The summed E-state index contributed by atoms with van der Waals surface area (Å²) in [5.41, 5.74) is 1.83. The molecule has 0 radical (unpaired) electrons. The van der Waals surface area contributed by atoms with Crippen LogP contribution < -0.4 is 5.32 Å². The number of halogens is 1. The van der Waals surface area contributed by atoms with Gasteiger partial charge in [0, 0.05) is 12.7 Å². The van der Waals surface area contributed by atoms with Crippen LogP contribution in [0.3, 0.4) is 0 Å². The van der Waals surface area contributed by atoms with Crippen molar-refractivity contribution >= 4 is 33.4 Å². The van der Waals surface area contributed by atoms with Crippen molar-refractivity contribution in [1.82, 2.24) is 4.90 Å². The number of nitrogens with zero attached hydrogens (tertiary/aromatic N) is 1. The number of para-hydroxylation sites is 1. The number of nitrogens with one attached hydrogen (secondary N) is 1. The van der Waals surface area contributed by atoms with E-state index in [2.05, 4.69) is 21.2 Å². The van der Waals surface area contributed by atoms with E-state index < -0.39 is 0 Å². The Balaban J connectivity index is 1.98. The van der Waals surface area contributed by atoms with Gasteiger partial charge in [-0.3, -0.25) is 9.59 Å². The lowest BCUT2D eigenvalue weighted by Gasteiger charge is -2.16. The molecule has 2 rings (SSSR count). The van der Waals surface area contributed by atoms with Crippen LogP contribution in [0.4, 0.5) is 5.69 Å². The quantitative estimate of drug-likeness (QED) is 0.884. The van der Waals surface area contributed by atoms with Gasteiger partial charge in [0.25, 0.3) is 5.91 Å². The van der Waals surface area contributed by atoms with Gasteiger partial charge in [-0.05, 0) is 46.1 Å². The molecule has 0 aliphatic rings. The summed E-state index contributed by atoms with van der Waals surface area (Å²) < 4.78 is 5.67. The van der Waals surface area contributed by atoms with E-state index in [4.69, 9.17) is 4.42 Å². The molecular formula is C16H17BrN2O3. The minimum atomic E-state index is -0.343. The summed E-state index contributed by atoms with van der Waals surface area (Å²) in [4.78, 5) is 25.5. The highest BCUT2D eigenvalue weighted by Gasteiger charge is 2.18. The van der Waals surface area contributed by atoms with Crippen LogP contribution in [0, 0.1) is 0 Å². The van der Waals surface area contributed by atoms with Crippen LogP contribution in [0.5, 0.6) is 0 Å². The molecule has 0 spiro atoms. The van der Waals surface area contributed by atoms with E-state index in [-0.39, 0.29) is 24.1 Å². The van der Waals surface area contributed by atoms with Gasteiger partial charge in [0.15, 0.2) is 10.4 Å². The third-order valence-corrected chi connectivity index (χ3v) is 3.61. The maximum absolute atomic E-state index is 12.1. The second-order valence-electron chi connectivity index (χ2n) is 4.82. The molecule has 0 unspecified atom stereocenters. The molecule has 22 heavy (non-hydrogen) atoms. The van der Waals surface area contributed by atoms with Gasteiger partial charge in [0.05, 0.1) is 6.54 Å². The first-order chi connectivity index (χ1) is 10.5. The molecule has 0 fully saturated rings. The Kier molecular flexibility index (Phi) is 5.38. The van der Waals surface area contributed by atoms with Gasteiger partial charge in [-0.15, -0.1) is 0 Å². The maximum Gasteiger partial charge on any atom is 0.289 e. The first kappa shape index (κ1) is 16.3. The number of hydrogen-bond donors (Lipinski definition) is 1. The van der Waals surface area contributed by atoms with Gasteiger partial charge in [0.1, 0.15) is 0 Å². The fraction of sp³-hybridized carbons (Fsp3) is 0.250. The minimum Gasteiger partial charge on any atom is -0.444 e. The maximum atomic E-state index is 12.1. The van der Waals surface area contributed by atoms with Crippen LogP contribution in [0.25, 0.3) is 0 Å². The highest BCUT2D eigenvalue weighted by molar-refractivity contribution is 9.10. The number of amides is 2. The number of anilines is 1. The predicted octanol–water partition coefficient (Wildman–Crippen LogP) is 3.32. The summed E-state index contributed by atoms with van der Waals surface area (Å²) in [5.74, 6) is -0.400. The standard InChI is InChI=1S/C16H17BrN2O3/c1-3-11-6-4-5-7-12(11)18-15(20)10-19(2)16(21)13-8-9-14(17)22-13/h4-9H,3,10H2,1-2H3,(H,18,20). The molecule has 1 N–H and O–H groups in total. The zero-order valence-electron chi connectivity index (χ0n) is 12.4. The molecule has 0 aliphatic heterocycles. The summed E-state index contributed by atoms with van der Waals surface area (Å²) in [6.07, 6.45) is 0.825. The summed E-state index contributed by atoms with van der Waals surface area (Å²) in [5, 5.41) is 2.83.